The van der Waals surface area contributed by atoms with E-state index in [0.29, 0.717) is 19.1 Å². The molecule has 7 heteroatoms. The van der Waals surface area contributed by atoms with E-state index in [-0.39, 0.29) is 17.4 Å². The van der Waals surface area contributed by atoms with Crippen molar-refractivity contribution in [3.05, 3.63) is 24.0 Å². The minimum Gasteiger partial charge on any atom is -0.488 e. The van der Waals surface area contributed by atoms with E-state index in [4.69, 9.17) is 4.74 Å². The van der Waals surface area contributed by atoms with Crippen LogP contribution in [0.4, 0.5) is 8.78 Å². The van der Waals surface area contributed by atoms with Crippen molar-refractivity contribution in [3.8, 4) is 5.75 Å². The van der Waals surface area contributed by atoms with Crippen LogP contribution >= 0.6 is 0 Å². The number of alkyl halides is 2. The van der Waals surface area contributed by atoms with E-state index >= 15 is 0 Å². The lowest BCUT2D eigenvalue weighted by molar-refractivity contribution is 0.0748. The summed E-state index contributed by atoms with van der Waals surface area (Å²) >= 11 is 0. The van der Waals surface area contributed by atoms with E-state index in [1.165, 1.54) is 44.0 Å². The Morgan fingerprint density at radius 3 is 2.76 bits per heavy atom. The summed E-state index contributed by atoms with van der Waals surface area (Å²) in [6.07, 6.45) is 4.97. The van der Waals surface area contributed by atoms with E-state index in [0.717, 1.165) is 19.5 Å². The Bertz CT molecular complexity index is 579. The summed E-state index contributed by atoms with van der Waals surface area (Å²) in [5, 5.41) is 0. The zero-order valence-electron chi connectivity index (χ0n) is 14.4. The Kier molecular flexibility index (Phi) is 6.18. The average molecular weight is 353 g/mol. The van der Waals surface area contributed by atoms with Crippen molar-refractivity contribution >= 4 is 5.91 Å². The normalized spacial score (nSPS) is 20.0. The minimum absolute atomic E-state index is 0.157. The second-order valence-corrected chi connectivity index (χ2v) is 6.70. The molecule has 0 aromatic carbocycles. The SMILES string of the molecule is O=C(c1cc(OCC(F)F)ccn1)N1CCCN(C2CCCC2)CC1. The Morgan fingerprint density at radius 1 is 1.20 bits per heavy atom. The van der Waals surface area contributed by atoms with Crippen LogP contribution in [0.15, 0.2) is 18.3 Å². The molecule has 0 spiro atoms. The summed E-state index contributed by atoms with van der Waals surface area (Å²) in [6.45, 7) is 2.61. The molecule has 2 heterocycles. The van der Waals surface area contributed by atoms with Crippen molar-refractivity contribution in [2.45, 2.75) is 44.6 Å². The van der Waals surface area contributed by atoms with Gasteiger partial charge in [0.1, 0.15) is 18.1 Å². The van der Waals surface area contributed by atoms with Crippen molar-refractivity contribution in [1.82, 2.24) is 14.8 Å². The highest BCUT2D eigenvalue weighted by Gasteiger charge is 2.27. The molecule has 0 unspecified atom stereocenters. The van der Waals surface area contributed by atoms with E-state index in [1.54, 1.807) is 0 Å². The zero-order chi connectivity index (χ0) is 17.6. The number of hydrogen-bond donors (Lipinski definition) is 0. The van der Waals surface area contributed by atoms with Gasteiger partial charge in [0.2, 0.25) is 0 Å². The smallest absolute Gasteiger partial charge is 0.272 e. The maximum Gasteiger partial charge on any atom is 0.272 e. The summed E-state index contributed by atoms with van der Waals surface area (Å²) in [5.74, 6) is 0.0943. The predicted molar refractivity (Wildman–Crippen MR) is 90.1 cm³/mol. The molecule has 2 aliphatic rings. The number of hydrogen-bond acceptors (Lipinski definition) is 4. The molecule has 1 amide bonds. The molecule has 0 N–H and O–H groups in total. The molecule has 1 aliphatic carbocycles. The van der Waals surface area contributed by atoms with Crippen LogP contribution in [0.1, 0.15) is 42.6 Å². The first-order chi connectivity index (χ1) is 12.1. The second kappa shape index (κ2) is 8.56. The Hall–Kier alpha value is -1.76. The van der Waals surface area contributed by atoms with Crippen LogP contribution in [0.25, 0.3) is 0 Å². The lowest BCUT2D eigenvalue weighted by Gasteiger charge is -2.27. The predicted octanol–water partition coefficient (Wildman–Crippen LogP) is 2.82. The van der Waals surface area contributed by atoms with Gasteiger partial charge in [0.05, 0.1) is 0 Å². The van der Waals surface area contributed by atoms with E-state index in [2.05, 4.69) is 9.88 Å². The fraction of sp³-hybridized carbons (Fsp3) is 0.667. The van der Waals surface area contributed by atoms with Gasteiger partial charge < -0.3 is 9.64 Å². The van der Waals surface area contributed by atoms with E-state index in [1.807, 2.05) is 4.90 Å². The monoisotopic (exact) mass is 353 g/mol. The number of rotatable bonds is 5. The van der Waals surface area contributed by atoms with Crippen molar-refractivity contribution < 1.29 is 18.3 Å². The second-order valence-electron chi connectivity index (χ2n) is 6.70. The highest BCUT2D eigenvalue weighted by molar-refractivity contribution is 5.92. The number of carbonyl (C=O) groups excluding carboxylic acids is 1. The van der Waals surface area contributed by atoms with Crippen LogP contribution in [0.2, 0.25) is 0 Å². The van der Waals surface area contributed by atoms with Gasteiger partial charge in [-0.2, -0.15) is 0 Å². The maximum absolute atomic E-state index is 12.7. The number of amides is 1. The summed E-state index contributed by atoms with van der Waals surface area (Å²) < 4.78 is 29.5. The first-order valence-electron chi connectivity index (χ1n) is 9.04. The fourth-order valence-corrected chi connectivity index (χ4v) is 3.71. The van der Waals surface area contributed by atoms with Crippen LogP contribution in [0, 0.1) is 0 Å². The molecule has 2 fully saturated rings. The van der Waals surface area contributed by atoms with Gasteiger partial charge in [0.15, 0.2) is 0 Å². The van der Waals surface area contributed by atoms with Crippen LogP contribution in [-0.2, 0) is 0 Å². The molecule has 138 valence electrons. The van der Waals surface area contributed by atoms with Crippen LogP contribution < -0.4 is 4.74 Å². The van der Waals surface area contributed by atoms with Crippen LogP contribution in [-0.4, -0.2) is 65.9 Å². The number of nitrogens with zero attached hydrogens (tertiary/aromatic N) is 3. The number of pyridine rings is 1. The molecule has 1 aliphatic heterocycles. The molecule has 3 rings (SSSR count). The van der Waals surface area contributed by atoms with Gasteiger partial charge >= 0.3 is 0 Å². The minimum atomic E-state index is -2.54. The molecule has 0 radical (unpaired) electrons. The highest BCUT2D eigenvalue weighted by Crippen LogP contribution is 2.24. The van der Waals surface area contributed by atoms with Gasteiger partial charge in [0, 0.05) is 44.5 Å². The standard InChI is InChI=1S/C18H25F2N3O2/c19-17(20)13-25-15-6-7-21-16(12-15)18(24)23-9-3-8-22(10-11-23)14-4-1-2-5-14/h6-7,12,14,17H,1-5,8-11,13H2. The molecule has 1 aromatic heterocycles. The Morgan fingerprint density at radius 2 is 2.00 bits per heavy atom. The topological polar surface area (TPSA) is 45.7 Å². The van der Waals surface area contributed by atoms with Crippen molar-refractivity contribution in [2.75, 3.05) is 32.8 Å². The number of aromatic nitrogens is 1. The quantitative estimate of drug-likeness (QED) is 0.817. The van der Waals surface area contributed by atoms with Gasteiger partial charge in [-0.3, -0.25) is 14.7 Å². The first-order valence-corrected chi connectivity index (χ1v) is 9.04. The van der Waals surface area contributed by atoms with Crippen molar-refractivity contribution in [2.24, 2.45) is 0 Å². The molecule has 0 atom stereocenters. The summed E-state index contributed by atoms with van der Waals surface area (Å²) in [6, 6.07) is 3.60. The van der Waals surface area contributed by atoms with Gasteiger partial charge in [-0.25, -0.2) is 8.78 Å². The molecular weight excluding hydrogens is 328 g/mol. The highest BCUT2D eigenvalue weighted by atomic mass is 19.3. The molecule has 0 bridgehead atoms. The van der Waals surface area contributed by atoms with Crippen molar-refractivity contribution in [1.29, 1.82) is 0 Å². The fourth-order valence-electron chi connectivity index (χ4n) is 3.71. The third kappa shape index (κ3) is 4.87. The van der Waals surface area contributed by atoms with Crippen LogP contribution in [0.5, 0.6) is 5.75 Å². The zero-order valence-corrected chi connectivity index (χ0v) is 14.4. The maximum atomic E-state index is 12.7. The van der Waals surface area contributed by atoms with Gasteiger partial charge in [0.25, 0.3) is 12.3 Å². The van der Waals surface area contributed by atoms with Gasteiger partial charge in [-0.05, 0) is 25.3 Å². The molecule has 1 saturated carbocycles. The van der Waals surface area contributed by atoms with Crippen LogP contribution in [0.3, 0.4) is 0 Å². The summed E-state index contributed by atoms with van der Waals surface area (Å²) in [7, 11) is 0. The third-order valence-corrected chi connectivity index (χ3v) is 4.99. The lowest BCUT2D eigenvalue weighted by atomic mass is 10.2. The molecule has 1 aromatic rings. The van der Waals surface area contributed by atoms with Gasteiger partial charge in [-0.1, -0.05) is 12.8 Å². The Labute approximate surface area is 147 Å². The molecule has 5 nitrogen and oxygen atoms in total. The number of halogens is 2. The van der Waals surface area contributed by atoms with E-state index in [9.17, 15) is 13.6 Å². The number of ether oxygens (including phenoxy) is 1. The molecule has 25 heavy (non-hydrogen) atoms. The molecule has 1 saturated heterocycles. The van der Waals surface area contributed by atoms with Gasteiger partial charge in [-0.15, -0.1) is 0 Å². The Balaban J connectivity index is 1.59. The number of carbonyl (C=O) groups is 1. The van der Waals surface area contributed by atoms with Crippen molar-refractivity contribution in [3.63, 3.8) is 0 Å². The average Bonchev–Trinajstić information content (AvgIpc) is 3.04. The first kappa shape index (κ1) is 18.0. The summed E-state index contributed by atoms with van der Waals surface area (Å²) in [5.41, 5.74) is 0.251. The summed E-state index contributed by atoms with van der Waals surface area (Å²) in [4.78, 5) is 21.1. The lowest BCUT2D eigenvalue weighted by Crippen LogP contribution is -2.38. The molecular formula is C18H25F2N3O2. The third-order valence-electron chi connectivity index (χ3n) is 4.99. The largest absolute Gasteiger partial charge is 0.488 e. The van der Waals surface area contributed by atoms with E-state index < -0.39 is 13.0 Å².